The summed E-state index contributed by atoms with van der Waals surface area (Å²) in [6, 6.07) is 33.4. The highest BCUT2D eigenvalue weighted by atomic mass is 13.9. The van der Waals surface area contributed by atoms with Gasteiger partial charge in [-0.2, -0.15) is 0 Å². The van der Waals surface area contributed by atoms with Crippen LogP contribution in [0.3, 0.4) is 0 Å². The SMILES string of the molecule is CC.CCC.CCCC.CCCC.c1ccc2ccccc2c1.c1ccc2ccccc2c1. The molecule has 0 aromatic heterocycles. The van der Waals surface area contributed by atoms with E-state index in [0.717, 1.165) is 0 Å². The van der Waals surface area contributed by atoms with Gasteiger partial charge in [-0.05, 0) is 21.5 Å². The van der Waals surface area contributed by atoms with E-state index in [1.165, 1.54) is 53.6 Å². The molecule has 0 spiro atoms. The molecule has 0 unspecified atom stereocenters. The van der Waals surface area contributed by atoms with Gasteiger partial charge in [0.1, 0.15) is 0 Å². The normalized spacial score (nSPS) is 8.61. The van der Waals surface area contributed by atoms with E-state index in [2.05, 4.69) is 139 Å². The molecule has 0 N–H and O–H groups in total. The lowest BCUT2D eigenvalue weighted by Crippen LogP contribution is -1.67. The van der Waals surface area contributed by atoms with Gasteiger partial charge >= 0.3 is 0 Å². The van der Waals surface area contributed by atoms with Gasteiger partial charge in [-0.3, -0.25) is 0 Å². The van der Waals surface area contributed by atoms with Crippen LogP contribution in [0, 0.1) is 0 Å². The quantitative estimate of drug-likeness (QED) is 0.287. The molecule has 0 aliphatic heterocycles. The highest BCUT2D eigenvalue weighted by molar-refractivity contribution is 5.82. The highest BCUT2D eigenvalue weighted by Gasteiger charge is 1.86. The number of hydrogen-bond acceptors (Lipinski definition) is 0. The molecule has 0 aliphatic carbocycles. The van der Waals surface area contributed by atoms with Crippen molar-refractivity contribution in [1.29, 1.82) is 0 Å². The first-order chi connectivity index (χ1) is 16.2. The smallest absolute Gasteiger partial charge is 0.0184 e. The summed E-state index contributed by atoms with van der Waals surface area (Å²) in [5, 5.41) is 5.24. The van der Waals surface area contributed by atoms with Crippen molar-refractivity contribution in [3.05, 3.63) is 97.1 Å². The number of rotatable bonds is 2. The zero-order valence-electron chi connectivity index (χ0n) is 22.8. The van der Waals surface area contributed by atoms with Crippen LogP contribution in [-0.4, -0.2) is 0 Å². The van der Waals surface area contributed by atoms with Gasteiger partial charge in [0.2, 0.25) is 0 Å². The molecule has 0 radical (unpaired) electrons. The highest BCUT2D eigenvalue weighted by Crippen LogP contribution is 2.12. The predicted molar refractivity (Wildman–Crippen MR) is 156 cm³/mol. The van der Waals surface area contributed by atoms with Crippen LogP contribution in [0.25, 0.3) is 21.5 Å². The first-order valence-corrected chi connectivity index (χ1v) is 13.1. The Morgan fingerprint density at radius 3 is 0.545 bits per heavy atom. The van der Waals surface area contributed by atoms with E-state index >= 15 is 0 Å². The molecular weight excluding hydrogens is 396 g/mol. The molecule has 4 aromatic carbocycles. The molecule has 33 heavy (non-hydrogen) atoms. The molecule has 0 saturated carbocycles. The van der Waals surface area contributed by atoms with E-state index in [4.69, 9.17) is 0 Å². The van der Waals surface area contributed by atoms with Crippen LogP contribution in [0.2, 0.25) is 0 Å². The average molecular weight is 447 g/mol. The third-order valence-corrected chi connectivity index (χ3v) is 4.32. The number of fused-ring (bicyclic) bond motifs is 2. The molecule has 4 rings (SSSR count). The molecular formula is C33H50. The second-order valence-corrected chi connectivity index (χ2v) is 7.40. The van der Waals surface area contributed by atoms with E-state index in [1.807, 2.05) is 13.8 Å². The van der Waals surface area contributed by atoms with Gasteiger partial charge < -0.3 is 0 Å². The Bertz CT molecular complexity index is 682. The summed E-state index contributed by atoms with van der Waals surface area (Å²) in [5.41, 5.74) is 0. The fraction of sp³-hybridized carbons (Fsp3) is 0.394. The lowest BCUT2D eigenvalue weighted by Gasteiger charge is -1.92. The lowest BCUT2D eigenvalue weighted by molar-refractivity contribution is 0.886. The Balaban J connectivity index is 0. The van der Waals surface area contributed by atoms with Crippen LogP contribution in [-0.2, 0) is 0 Å². The van der Waals surface area contributed by atoms with Crippen molar-refractivity contribution in [2.24, 2.45) is 0 Å². The van der Waals surface area contributed by atoms with E-state index in [9.17, 15) is 0 Å². The molecule has 0 heterocycles. The van der Waals surface area contributed by atoms with Crippen molar-refractivity contribution in [1.82, 2.24) is 0 Å². The Hall–Kier alpha value is -2.60. The van der Waals surface area contributed by atoms with E-state index in [0.29, 0.717) is 0 Å². The van der Waals surface area contributed by atoms with Crippen LogP contribution < -0.4 is 0 Å². The van der Waals surface area contributed by atoms with Crippen molar-refractivity contribution in [2.75, 3.05) is 0 Å². The number of hydrogen-bond donors (Lipinski definition) is 0. The van der Waals surface area contributed by atoms with Gasteiger partial charge in [-0.25, -0.2) is 0 Å². The van der Waals surface area contributed by atoms with Crippen molar-refractivity contribution in [2.45, 2.75) is 87.5 Å². The summed E-state index contributed by atoms with van der Waals surface area (Å²) in [7, 11) is 0. The average Bonchev–Trinajstić information content (AvgIpc) is 2.91. The van der Waals surface area contributed by atoms with Gasteiger partial charge in [-0.1, -0.05) is 185 Å². The summed E-state index contributed by atoms with van der Waals surface area (Å²) in [6.07, 6.45) is 6.53. The van der Waals surface area contributed by atoms with Gasteiger partial charge in [0.15, 0.2) is 0 Å². The topological polar surface area (TPSA) is 0 Å². The first-order valence-electron chi connectivity index (χ1n) is 13.1. The number of unbranched alkanes of at least 4 members (excludes halogenated alkanes) is 2. The summed E-state index contributed by atoms with van der Waals surface area (Å²) in [5.74, 6) is 0. The molecule has 0 heteroatoms. The standard InChI is InChI=1S/2C10H8.2C4H10.C3H8.C2H6/c2*1-2-6-10-8-4-3-7-9(10)5-1;2*1-3-4-2;1-3-2;1-2/h2*1-8H;2*3-4H2,1-2H3;3H2,1-2H3;1-2H3. The Labute approximate surface area is 206 Å². The maximum absolute atomic E-state index is 2.18. The first kappa shape index (κ1) is 32.6. The minimum atomic E-state index is 1.25. The third-order valence-electron chi connectivity index (χ3n) is 4.32. The van der Waals surface area contributed by atoms with Crippen molar-refractivity contribution < 1.29 is 0 Å². The fourth-order valence-electron chi connectivity index (χ4n) is 2.27. The van der Waals surface area contributed by atoms with Gasteiger partial charge in [0, 0.05) is 0 Å². The van der Waals surface area contributed by atoms with Crippen LogP contribution in [0.5, 0.6) is 0 Å². The Morgan fingerprint density at radius 2 is 0.455 bits per heavy atom. The van der Waals surface area contributed by atoms with Crippen molar-refractivity contribution in [3.8, 4) is 0 Å². The minimum Gasteiger partial charge on any atom is -0.0683 e. The summed E-state index contributed by atoms with van der Waals surface area (Å²) >= 11 is 0. The predicted octanol–water partition coefficient (Wildman–Crippen LogP) is 11.7. The summed E-state index contributed by atoms with van der Waals surface area (Å²) in [6.45, 7) is 17.0. The van der Waals surface area contributed by atoms with Gasteiger partial charge in [0.25, 0.3) is 0 Å². The molecule has 0 bridgehead atoms. The summed E-state index contributed by atoms with van der Waals surface area (Å²) in [4.78, 5) is 0. The van der Waals surface area contributed by atoms with E-state index in [1.54, 1.807) is 0 Å². The largest absolute Gasteiger partial charge is 0.0683 e. The Morgan fingerprint density at radius 1 is 0.333 bits per heavy atom. The van der Waals surface area contributed by atoms with Crippen molar-refractivity contribution in [3.63, 3.8) is 0 Å². The molecule has 0 saturated heterocycles. The molecule has 182 valence electrons. The zero-order valence-corrected chi connectivity index (χ0v) is 22.8. The molecule has 0 aliphatic rings. The van der Waals surface area contributed by atoms with Crippen LogP contribution in [0.15, 0.2) is 97.1 Å². The summed E-state index contributed by atoms with van der Waals surface area (Å²) < 4.78 is 0. The molecule has 0 atom stereocenters. The van der Waals surface area contributed by atoms with Crippen LogP contribution in [0.4, 0.5) is 0 Å². The second kappa shape index (κ2) is 25.7. The maximum atomic E-state index is 2.18. The zero-order chi connectivity index (χ0) is 25.2. The monoisotopic (exact) mass is 446 g/mol. The van der Waals surface area contributed by atoms with E-state index in [-0.39, 0.29) is 0 Å². The third kappa shape index (κ3) is 17.6. The second-order valence-electron chi connectivity index (χ2n) is 7.40. The maximum Gasteiger partial charge on any atom is -0.0184 e. The lowest BCUT2D eigenvalue weighted by atomic mass is 10.1. The molecule has 0 fully saturated rings. The molecule has 0 amide bonds. The number of benzene rings is 4. The molecule has 0 nitrogen and oxygen atoms in total. The Kier molecular flexibility index (Phi) is 25.3. The van der Waals surface area contributed by atoms with Gasteiger partial charge in [0.05, 0.1) is 0 Å². The molecule has 4 aromatic rings. The van der Waals surface area contributed by atoms with Crippen molar-refractivity contribution >= 4 is 21.5 Å². The van der Waals surface area contributed by atoms with Crippen LogP contribution >= 0.6 is 0 Å². The fourth-order valence-corrected chi connectivity index (χ4v) is 2.27. The van der Waals surface area contributed by atoms with Gasteiger partial charge in [-0.15, -0.1) is 0 Å². The minimum absolute atomic E-state index is 1.25. The van der Waals surface area contributed by atoms with Crippen LogP contribution in [0.1, 0.15) is 87.5 Å². The van der Waals surface area contributed by atoms with E-state index < -0.39 is 0 Å².